The molecule has 2 saturated heterocycles. The molecule has 182 valence electrons. The molecule has 3 N–H and O–H groups in total. The Bertz CT molecular complexity index is 1150. The van der Waals surface area contributed by atoms with Crippen LogP contribution in [0.4, 0.5) is 10.5 Å². The fourth-order valence-electron chi connectivity index (χ4n) is 5.55. The minimum Gasteiger partial charge on any atom is -0.465 e. The summed E-state index contributed by atoms with van der Waals surface area (Å²) in [5, 5.41) is 27.2. The Labute approximate surface area is 203 Å². The predicted octanol–water partition coefficient (Wildman–Crippen LogP) is 3.02. The number of hydrogen-bond acceptors (Lipinski definition) is 6. The third-order valence-corrected chi connectivity index (χ3v) is 7.18. The SMILES string of the molecule is O=C(O)N1CC[C@@H](N2CCCCC2)[C@@]1(Cc1ccccc1)C(=O)Nc1ccc(-c2nn[nH]n2)cc1. The topological polar surface area (TPSA) is 127 Å². The van der Waals surface area contributed by atoms with Crippen LogP contribution >= 0.6 is 0 Å². The van der Waals surface area contributed by atoms with Crippen LogP contribution < -0.4 is 5.32 Å². The van der Waals surface area contributed by atoms with E-state index in [1.165, 1.54) is 4.90 Å². The zero-order valence-electron chi connectivity index (χ0n) is 19.4. The molecule has 0 radical (unpaired) electrons. The first-order valence-electron chi connectivity index (χ1n) is 12.0. The smallest absolute Gasteiger partial charge is 0.408 e. The van der Waals surface area contributed by atoms with E-state index in [4.69, 9.17) is 0 Å². The first-order valence-corrected chi connectivity index (χ1v) is 12.0. The van der Waals surface area contributed by atoms with Gasteiger partial charge in [0.15, 0.2) is 0 Å². The number of nitrogens with one attached hydrogen (secondary N) is 2. The van der Waals surface area contributed by atoms with Crippen molar-refractivity contribution in [2.75, 3.05) is 25.0 Å². The van der Waals surface area contributed by atoms with E-state index in [0.717, 1.165) is 43.5 Å². The number of aromatic nitrogens is 4. The van der Waals surface area contributed by atoms with Crippen molar-refractivity contribution in [3.63, 3.8) is 0 Å². The van der Waals surface area contributed by atoms with E-state index in [1.807, 2.05) is 30.3 Å². The van der Waals surface area contributed by atoms with E-state index in [1.54, 1.807) is 24.3 Å². The van der Waals surface area contributed by atoms with Gasteiger partial charge in [0.2, 0.25) is 5.82 Å². The van der Waals surface area contributed by atoms with E-state index in [9.17, 15) is 14.7 Å². The second kappa shape index (κ2) is 9.83. The van der Waals surface area contributed by atoms with E-state index >= 15 is 0 Å². The van der Waals surface area contributed by atoms with Crippen LogP contribution in [0, 0.1) is 0 Å². The standard InChI is InChI=1S/C25H29N7O3/c33-23(26-20-11-9-19(10-12-20)22-27-29-30-28-22)25(17-18-7-3-1-4-8-18)21(13-16-32(25)24(34)35)31-14-5-2-6-15-31/h1,3-4,7-12,21H,2,5-6,13-17H2,(H,26,33)(H,34,35)(H,27,28,29,30)/t21-,25+/m1/s1. The molecule has 0 spiro atoms. The van der Waals surface area contributed by atoms with Crippen molar-refractivity contribution >= 4 is 17.7 Å². The van der Waals surface area contributed by atoms with Crippen LogP contribution in [0.5, 0.6) is 0 Å². The van der Waals surface area contributed by atoms with Gasteiger partial charge in [-0.3, -0.25) is 14.6 Å². The summed E-state index contributed by atoms with van der Waals surface area (Å²) in [6.45, 7) is 2.08. The fourth-order valence-corrected chi connectivity index (χ4v) is 5.55. The molecule has 10 heteroatoms. The highest BCUT2D eigenvalue weighted by Crippen LogP contribution is 2.39. The second-order valence-corrected chi connectivity index (χ2v) is 9.19. The highest BCUT2D eigenvalue weighted by atomic mass is 16.4. The van der Waals surface area contributed by atoms with Gasteiger partial charge in [0.25, 0.3) is 5.91 Å². The molecule has 2 aromatic carbocycles. The highest BCUT2D eigenvalue weighted by Gasteiger charge is 2.58. The zero-order chi connectivity index (χ0) is 24.3. The molecule has 0 saturated carbocycles. The van der Waals surface area contributed by atoms with E-state index in [0.29, 0.717) is 30.9 Å². The molecule has 2 amide bonds. The number of anilines is 1. The van der Waals surface area contributed by atoms with Crippen molar-refractivity contribution in [2.45, 2.75) is 43.7 Å². The third-order valence-electron chi connectivity index (χ3n) is 7.18. The van der Waals surface area contributed by atoms with Crippen molar-refractivity contribution < 1.29 is 14.7 Å². The number of nitrogens with zero attached hydrogens (tertiary/aromatic N) is 5. The monoisotopic (exact) mass is 475 g/mol. The van der Waals surface area contributed by atoms with Crippen LogP contribution in [0.25, 0.3) is 11.4 Å². The van der Waals surface area contributed by atoms with Crippen LogP contribution in [-0.4, -0.2) is 78.7 Å². The molecule has 3 heterocycles. The average molecular weight is 476 g/mol. The van der Waals surface area contributed by atoms with E-state index in [2.05, 4.69) is 30.8 Å². The maximum atomic E-state index is 14.1. The van der Waals surface area contributed by atoms with Crippen molar-refractivity contribution in [1.29, 1.82) is 0 Å². The Balaban J connectivity index is 1.50. The molecule has 1 aromatic heterocycles. The van der Waals surface area contributed by atoms with E-state index in [-0.39, 0.29) is 11.9 Å². The van der Waals surface area contributed by atoms with Gasteiger partial charge in [0.05, 0.1) is 0 Å². The first-order chi connectivity index (χ1) is 17.1. The summed E-state index contributed by atoms with van der Waals surface area (Å²) < 4.78 is 0. The highest BCUT2D eigenvalue weighted by molar-refractivity contribution is 6.01. The van der Waals surface area contributed by atoms with Crippen LogP contribution in [0.3, 0.4) is 0 Å². The first kappa shape index (κ1) is 23.0. The van der Waals surface area contributed by atoms with Gasteiger partial charge in [-0.25, -0.2) is 4.79 Å². The lowest BCUT2D eigenvalue weighted by atomic mass is 9.81. The Morgan fingerprint density at radius 3 is 2.43 bits per heavy atom. The molecule has 2 fully saturated rings. The molecule has 35 heavy (non-hydrogen) atoms. The minimum absolute atomic E-state index is 0.197. The third kappa shape index (κ3) is 4.49. The number of H-pyrrole nitrogens is 1. The summed E-state index contributed by atoms with van der Waals surface area (Å²) in [6.07, 6.45) is 3.16. The van der Waals surface area contributed by atoms with Crippen LogP contribution in [-0.2, 0) is 11.2 Å². The number of amides is 2. The number of hydrogen-bond donors (Lipinski definition) is 3. The summed E-state index contributed by atoms with van der Waals surface area (Å²) in [5.41, 5.74) is 1.04. The summed E-state index contributed by atoms with van der Waals surface area (Å²) >= 11 is 0. The maximum absolute atomic E-state index is 14.1. The number of tetrazole rings is 1. The van der Waals surface area contributed by atoms with Crippen molar-refractivity contribution in [3.8, 4) is 11.4 Å². The Kier molecular flexibility index (Phi) is 6.45. The number of aromatic amines is 1. The van der Waals surface area contributed by atoms with Gasteiger partial charge in [-0.05, 0) is 67.4 Å². The second-order valence-electron chi connectivity index (χ2n) is 9.19. The number of likely N-dealkylation sites (tertiary alicyclic amines) is 2. The van der Waals surface area contributed by atoms with Crippen LogP contribution in [0.15, 0.2) is 54.6 Å². The zero-order valence-corrected chi connectivity index (χ0v) is 19.4. The van der Waals surface area contributed by atoms with E-state index < -0.39 is 11.6 Å². The van der Waals surface area contributed by atoms with Gasteiger partial charge < -0.3 is 10.4 Å². The number of carbonyl (C=O) groups is 2. The molecule has 0 unspecified atom stereocenters. The molecule has 0 aliphatic carbocycles. The lowest BCUT2D eigenvalue weighted by Gasteiger charge is -2.45. The Hall–Kier alpha value is -3.79. The van der Waals surface area contributed by atoms with Gasteiger partial charge in [-0.1, -0.05) is 36.8 Å². The van der Waals surface area contributed by atoms with Gasteiger partial charge in [-0.15, -0.1) is 10.2 Å². The summed E-state index contributed by atoms with van der Waals surface area (Å²) in [7, 11) is 0. The number of benzene rings is 2. The molecular weight excluding hydrogens is 446 g/mol. The van der Waals surface area contributed by atoms with Crippen molar-refractivity contribution in [3.05, 3.63) is 60.2 Å². The number of carbonyl (C=O) groups excluding carboxylic acids is 1. The minimum atomic E-state index is -1.24. The van der Waals surface area contributed by atoms with Gasteiger partial charge in [0, 0.05) is 30.3 Å². The molecule has 3 aromatic rings. The number of carboxylic acid groups (broad SMARTS) is 1. The molecule has 2 atom stereocenters. The molecule has 5 rings (SSSR count). The van der Waals surface area contributed by atoms with Crippen molar-refractivity contribution in [2.24, 2.45) is 0 Å². The quantitative estimate of drug-likeness (QED) is 0.500. The number of rotatable bonds is 6. The predicted molar refractivity (Wildman–Crippen MR) is 130 cm³/mol. The Morgan fingerprint density at radius 2 is 1.77 bits per heavy atom. The molecule has 0 bridgehead atoms. The molecule has 10 nitrogen and oxygen atoms in total. The Morgan fingerprint density at radius 1 is 1.03 bits per heavy atom. The summed E-state index contributed by atoms with van der Waals surface area (Å²) in [6, 6.07) is 16.6. The van der Waals surface area contributed by atoms with Crippen molar-refractivity contribution in [1.82, 2.24) is 30.4 Å². The van der Waals surface area contributed by atoms with Gasteiger partial charge in [-0.2, -0.15) is 5.21 Å². The molecule has 2 aliphatic rings. The lowest BCUT2D eigenvalue weighted by molar-refractivity contribution is -0.128. The molecule has 2 aliphatic heterocycles. The number of piperidine rings is 1. The maximum Gasteiger partial charge on any atom is 0.408 e. The molecular formula is C25H29N7O3. The normalized spacial score (nSPS) is 22.7. The average Bonchev–Trinajstić information content (AvgIpc) is 3.55. The van der Waals surface area contributed by atoms with Gasteiger partial charge in [0.1, 0.15) is 5.54 Å². The van der Waals surface area contributed by atoms with Crippen LogP contribution in [0.2, 0.25) is 0 Å². The lowest BCUT2D eigenvalue weighted by Crippen LogP contribution is -2.66. The van der Waals surface area contributed by atoms with Gasteiger partial charge >= 0.3 is 6.09 Å². The largest absolute Gasteiger partial charge is 0.465 e. The fraction of sp³-hybridized carbons (Fsp3) is 0.400. The van der Waals surface area contributed by atoms with Crippen LogP contribution in [0.1, 0.15) is 31.2 Å². The summed E-state index contributed by atoms with van der Waals surface area (Å²) in [5.74, 6) is 0.158. The summed E-state index contributed by atoms with van der Waals surface area (Å²) in [4.78, 5) is 30.3.